The van der Waals surface area contributed by atoms with Gasteiger partial charge in [-0.3, -0.25) is 9.78 Å². The zero-order valence-electron chi connectivity index (χ0n) is 10.1. The van der Waals surface area contributed by atoms with Gasteiger partial charge in [0.1, 0.15) is 10.8 Å². The molecule has 0 radical (unpaired) electrons. The molecule has 0 aliphatic heterocycles. The summed E-state index contributed by atoms with van der Waals surface area (Å²) < 4.78 is 0. The number of nitrogens with one attached hydrogen (secondary N) is 1. The second kappa shape index (κ2) is 5.14. The highest BCUT2D eigenvalue weighted by atomic mass is 35.5. The monoisotopic (exact) mass is 261 g/mol. The van der Waals surface area contributed by atoms with Crippen LogP contribution in [0.4, 0.5) is 5.69 Å². The van der Waals surface area contributed by atoms with E-state index in [-0.39, 0.29) is 5.91 Å². The molecule has 1 N–H and O–H groups in total. The Morgan fingerprint density at radius 3 is 2.72 bits per heavy atom. The summed E-state index contributed by atoms with van der Waals surface area (Å²) in [5.41, 5.74) is 2.65. The molecule has 5 heteroatoms. The molecule has 2 rings (SSSR count). The second-order valence-electron chi connectivity index (χ2n) is 3.95. The van der Waals surface area contributed by atoms with E-state index >= 15 is 0 Å². The maximum atomic E-state index is 12.0. The second-order valence-corrected chi connectivity index (χ2v) is 4.31. The van der Waals surface area contributed by atoms with Gasteiger partial charge >= 0.3 is 0 Å². The van der Waals surface area contributed by atoms with Gasteiger partial charge in [0, 0.05) is 6.20 Å². The van der Waals surface area contributed by atoms with E-state index in [0.717, 1.165) is 11.1 Å². The number of aryl methyl sites for hydroxylation is 2. The summed E-state index contributed by atoms with van der Waals surface area (Å²) in [5.74, 6) is -0.253. The third-order valence-electron chi connectivity index (χ3n) is 2.50. The van der Waals surface area contributed by atoms with Crippen molar-refractivity contribution in [2.24, 2.45) is 0 Å². The largest absolute Gasteiger partial charge is 0.319 e. The SMILES string of the molecule is Cc1cc(NC(=O)c2ncccc2C)cnc1Cl. The predicted octanol–water partition coefficient (Wildman–Crippen LogP) is 3.00. The molecule has 0 fully saturated rings. The van der Waals surface area contributed by atoms with Crippen LogP contribution in [0.3, 0.4) is 0 Å². The van der Waals surface area contributed by atoms with Gasteiger partial charge in [-0.2, -0.15) is 0 Å². The summed E-state index contributed by atoms with van der Waals surface area (Å²) in [6.45, 7) is 3.67. The van der Waals surface area contributed by atoms with Crippen LogP contribution in [-0.2, 0) is 0 Å². The molecule has 0 aliphatic carbocycles. The van der Waals surface area contributed by atoms with Crippen molar-refractivity contribution < 1.29 is 4.79 Å². The van der Waals surface area contributed by atoms with Gasteiger partial charge in [-0.25, -0.2) is 4.98 Å². The van der Waals surface area contributed by atoms with Crippen LogP contribution in [0.1, 0.15) is 21.6 Å². The topological polar surface area (TPSA) is 54.9 Å². The Morgan fingerprint density at radius 2 is 2.06 bits per heavy atom. The van der Waals surface area contributed by atoms with Gasteiger partial charge in [-0.05, 0) is 37.1 Å². The minimum absolute atomic E-state index is 0.253. The van der Waals surface area contributed by atoms with Crippen LogP contribution in [0.15, 0.2) is 30.6 Å². The lowest BCUT2D eigenvalue weighted by atomic mass is 10.2. The number of hydrogen-bond acceptors (Lipinski definition) is 3. The zero-order valence-corrected chi connectivity index (χ0v) is 10.8. The molecule has 2 heterocycles. The molecule has 0 bridgehead atoms. The lowest BCUT2D eigenvalue weighted by Gasteiger charge is -2.07. The van der Waals surface area contributed by atoms with Crippen LogP contribution < -0.4 is 5.32 Å². The molecule has 0 aliphatic rings. The summed E-state index contributed by atoms with van der Waals surface area (Å²) in [5, 5.41) is 3.18. The molecule has 0 unspecified atom stereocenters. The average Bonchev–Trinajstić information content (AvgIpc) is 2.34. The fourth-order valence-corrected chi connectivity index (χ4v) is 1.64. The van der Waals surface area contributed by atoms with Crippen molar-refractivity contribution in [3.63, 3.8) is 0 Å². The van der Waals surface area contributed by atoms with Crippen LogP contribution in [0, 0.1) is 13.8 Å². The van der Waals surface area contributed by atoms with E-state index in [4.69, 9.17) is 11.6 Å². The van der Waals surface area contributed by atoms with E-state index < -0.39 is 0 Å². The molecular formula is C13H12ClN3O. The molecule has 92 valence electrons. The van der Waals surface area contributed by atoms with Crippen molar-refractivity contribution in [3.8, 4) is 0 Å². The van der Waals surface area contributed by atoms with Gasteiger partial charge in [-0.15, -0.1) is 0 Å². The molecule has 1 amide bonds. The first-order valence-corrected chi connectivity index (χ1v) is 5.81. The first kappa shape index (κ1) is 12.5. The number of anilines is 1. The zero-order chi connectivity index (χ0) is 13.1. The average molecular weight is 262 g/mol. The van der Waals surface area contributed by atoms with Crippen LogP contribution in [-0.4, -0.2) is 15.9 Å². The van der Waals surface area contributed by atoms with E-state index in [9.17, 15) is 4.79 Å². The lowest BCUT2D eigenvalue weighted by Crippen LogP contribution is -2.15. The molecule has 0 aromatic carbocycles. The number of amides is 1. The van der Waals surface area contributed by atoms with E-state index in [1.165, 1.54) is 6.20 Å². The minimum Gasteiger partial charge on any atom is -0.319 e. The van der Waals surface area contributed by atoms with Crippen molar-refractivity contribution in [1.29, 1.82) is 0 Å². The number of carbonyl (C=O) groups is 1. The van der Waals surface area contributed by atoms with Gasteiger partial charge in [0.2, 0.25) is 0 Å². The summed E-state index contributed by atoms with van der Waals surface area (Å²) in [6.07, 6.45) is 3.11. The van der Waals surface area contributed by atoms with Crippen LogP contribution >= 0.6 is 11.6 Å². The Bertz CT molecular complexity index is 599. The molecule has 4 nitrogen and oxygen atoms in total. The first-order chi connectivity index (χ1) is 8.58. The molecule has 18 heavy (non-hydrogen) atoms. The smallest absolute Gasteiger partial charge is 0.274 e. The Balaban J connectivity index is 2.22. The highest BCUT2D eigenvalue weighted by Crippen LogP contribution is 2.17. The third-order valence-corrected chi connectivity index (χ3v) is 2.89. The van der Waals surface area contributed by atoms with Gasteiger partial charge in [0.25, 0.3) is 5.91 Å². The Labute approximate surface area is 110 Å². The fraction of sp³-hybridized carbons (Fsp3) is 0.154. The quantitative estimate of drug-likeness (QED) is 0.846. The molecule has 0 saturated carbocycles. The number of halogens is 1. The maximum Gasteiger partial charge on any atom is 0.274 e. The molecule has 2 aromatic rings. The van der Waals surface area contributed by atoms with Gasteiger partial charge in [-0.1, -0.05) is 17.7 Å². The highest BCUT2D eigenvalue weighted by molar-refractivity contribution is 6.30. The summed E-state index contributed by atoms with van der Waals surface area (Å²) in [6, 6.07) is 5.40. The number of pyridine rings is 2. The third kappa shape index (κ3) is 2.65. The van der Waals surface area contributed by atoms with Gasteiger partial charge in [0.05, 0.1) is 11.9 Å². The number of rotatable bonds is 2. The van der Waals surface area contributed by atoms with Crippen molar-refractivity contribution in [1.82, 2.24) is 9.97 Å². The van der Waals surface area contributed by atoms with Crippen molar-refractivity contribution >= 4 is 23.2 Å². The van der Waals surface area contributed by atoms with Crippen LogP contribution in [0.5, 0.6) is 0 Å². The standard InChI is InChI=1S/C13H12ClN3O/c1-8-4-3-5-15-11(8)13(18)17-10-6-9(2)12(14)16-7-10/h3-7H,1-2H3,(H,17,18). The number of nitrogens with zero attached hydrogens (tertiary/aromatic N) is 2. The van der Waals surface area contributed by atoms with Crippen LogP contribution in [0.2, 0.25) is 5.15 Å². The van der Waals surface area contributed by atoms with Crippen molar-refractivity contribution in [3.05, 3.63) is 52.6 Å². The number of hydrogen-bond donors (Lipinski definition) is 1. The number of carbonyl (C=O) groups excluding carboxylic acids is 1. The number of aromatic nitrogens is 2. The predicted molar refractivity (Wildman–Crippen MR) is 70.9 cm³/mol. The highest BCUT2D eigenvalue weighted by Gasteiger charge is 2.10. The molecule has 0 spiro atoms. The normalized spacial score (nSPS) is 10.2. The van der Waals surface area contributed by atoms with Gasteiger partial charge in [0.15, 0.2) is 0 Å². The minimum atomic E-state index is -0.253. The Kier molecular flexibility index (Phi) is 3.58. The van der Waals surface area contributed by atoms with Crippen molar-refractivity contribution in [2.75, 3.05) is 5.32 Å². The van der Waals surface area contributed by atoms with Gasteiger partial charge < -0.3 is 5.32 Å². The molecule has 0 atom stereocenters. The molecule has 0 saturated heterocycles. The van der Waals surface area contributed by atoms with Crippen LogP contribution in [0.25, 0.3) is 0 Å². The van der Waals surface area contributed by atoms with E-state index in [1.54, 1.807) is 18.3 Å². The Hall–Kier alpha value is -1.94. The molecular weight excluding hydrogens is 250 g/mol. The first-order valence-electron chi connectivity index (χ1n) is 5.43. The summed E-state index contributed by atoms with van der Waals surface area (Å²) >= 11 is 5.82. The maximum absolute atomic E-state index is 12.0. The van der Waals surface area contributed by atoms with Crippen molar-refractivity contribution in [2.45, 2.75) is 13.8 Å². The summed E-state index contributed by atoms with van der Waals surface area (Å²) in [7, 11) is 0. The molecule has 2 aromatic heterocycles. The Morgan fingerprint density at radius 1 is 1.28 bits per heavy atom. The fourth-order valence-electron chi connectivity index (χ4n) is 1.54. The van der Waals surface area contributed by atoms with E-state index in [0.29, 0.717) is 16.5 Å². The lowest BCUT2D eigenvalue weighted by molar-refractivity contribution is 0.102. The summed E-state index contributed by atoms with van der Waals surface area (Å²) in [4.78, 5) is 20.0. The van der Waals surface area contributed by atoms with E-state index in [2.05, 4.69) is 15.3 Å². The van der Waals surface area contributed by atoms with E-state index in [1.807, 2.05) is 19.9 Å².